The lowest BCUT2D eigenvalue weighted by Gasteiger charge is -2.04. The van der Waals surface area contributed by atoms with E-state index in [0.29, 0.717) is 24.3 Å². The van der Waals surface area contributed by atoms with Gasteiger partial charge in [-0.2, -0.15) is 0 Å². The van der Waals surface area contributed by atoms with Gasteiger partial charge in [-0.25, -0.2) is 27.9 Å². The monoisotopic (exact) mass is 724 g/mol. The Morgan fingerprint density at radius 1 is 0.549 bits per heavy atom. The van der Waals surface area contributed by atoms with Gasteiger partial charge in [0.1, 0.15) is 35.8 Å². The van der Waals surface area contributed by atoms with Gasteiger partial charge in [-0.05, 0) is 67.8 Å². The van der Waals surface area contributed by atoms with Crippen LogP contribution in [0.25, 0.3) is 44.0 Å². The molecular weight excluding hydrogens is 691 g/mol. The summed E-state index contributed by atoms with van der Waals surface area (Å²) in [5.41, 5.74) is 5.92. The molecule has 8 aromatic rings. The molecule has 0 atom stereocenters. The normalized spacial score (nSPS) is 11.3. The van der Waals surface area contributed by atoms with E-state index in [2.05, 4.69) is 55.2 Å². The fraction of sp³-hybridized carbons (Fsp3) is 0.179. The maximum Gasteiger partial charge on any atom is 0.336 e. The van der Waals surface area contributed by atoms with Crippen molar-refractivity contribution in [3.63, 3.8) is 0 Å². The molecule has 2 N–H and O–H groups in total. The summed E-state index contributed by atoms with van der Waals surface area (Å²) in [6, 6.07) is 29.3. The van der Waals surface area contributed by atoms with Crippen molar-refractivity contribution in [3.8, 4) is 11.5 Å². The van der Waals surface area contributed by atoms with Gasteiger partial charge < -0.3 is 43.9 Å². The average Bonchev–Trinajstić information content (AvgIpc) is 3.61. The zero-order valence-corrected chi connectivity index (χ0v) is 28.9. The van der Waals surface area contributed by atoms with Gasteiger partial charge >= 0.3 is 11.3 Å². The van der Waals surface area contributed by atoms with Crippen molar-refractivity contribution < 1.29 is 53.0 Å². The SMILES string of the molecule is O=c1cc(C[n+]2cn(CCCCCn3c[n+](Cc4cc(=O)oc5cc(O)ccc45)c4ccccc43)c3ccccc32)c2ccc(O)cc2o1.[Cl-].[Cl-]. The smallest absolute Gasteiger partial charge is 0.336 e. The van der Waals surface area contributed by atoms with Crippen molar-refractivity contribution in [2.45, 2.75) is 45.4 Å². The Hall–Kier alpha value is -5.58. The number of aromatic nitrogens is 4. The lowest BCUT2D eigenvalue weighted by molar-refractivity contribution is -0.663. The van der Waals surface area contributed by atoms with Gasteiger partial charge in [0.05, 0.1) is 13.1 Å². The van der Waals surface area contributed by atoms with Crippen LogP contribution in [0.4, 0.5) is 0 Å². The molecule has 0 bridgehead atoms. The molecular formula is C39H34Cl2N4O6. The third-order valence-corrected chi connectivity index (χ3v) is 9.17. The first-order valence-corrected chi connectivity index (χ1v) is 16.4. The molecule has 0 saturated heterocycles. The quantitative estimate of drug-likeness (QED) is 0.114. The van der Waals surface area contributed by atoms with Gasteiger partial charge in [-0.15, -0.1) is 0 Å². The number of phenolic OH excluding ortho intramolecular Hbond substituents is 2. The van der Waals surface area contributed by atoms with E-state index in [0.717, 1.165) is 76.3 Å². The maximum absolute atomic E-state index is 12.3. The molecule has 51 heavy (non-hydrogen) atoms. The number of hydrogen-bond acceptors (Lipinski definition) is 6. The second-order valence-electron chi connectivity index (χ2n) is 12.5. The second kappa shape index (κ2) is 14.7. The number of benzene rings is 4. The van der Waals surface area contributed by atoms with Crippen molar-refractivity contribution in [3.05, 3.63) is 142 Å². The zero-order valence-electron chi connectivity index (χ0n) is 27.4. The van der Waals surface area contributed by atoms with E-state index < -0.39 is 11.3 Å². The van der Waals surface area contributed by atoms with Crippen LogP contribution in [0.3, 0.4) is 0 Å². The molecule has 0 amide bonds. The van der Waals surface area contributed by atoms with Gasteiger partial charge in [0.25, 0.3) is 0 Å². The van der Waals surface area contributed by atoms with Gasteiger partial charge in [-0.1, -0.05) is 24.3 Å². The highest BCUT2D eigenvalue weighted by atomic mass is 35.5. The average molecular weight is 726 g/mol. The first-order chi connectivity index (χ1) is 23.9. The van der Waals surface area contributed by atoms with Gasteiger partial charge in [-0.3, -0.25) is 0 Å². The van der Waals surface area contributed by atoms with Crippen LogP contribution in [0, 0.1) is 0 Å². The Labute approximate surface area is 303 Å². The number of fused-ring (bicyclic) bond motifs is 4. The van der Waals surface area contributed by atoms with E-state index in [9.17, 15) is 19.8 Å². The number of imidazole rings is 2. The van der Waals surface area contributed by atoms with Crippen LogP contribution in [-0.2, 0) is 26.2 Å². The standard InChI is InChI=1S/C39H32N4O6.2ClH/c44-28-12-14-30-26(18-38(46)48-36(30)20-28)22-42-24-40(32-8-2-4-10-34(32)42)16-6-1-7-17-41-25-43(35-11-5-3-9-33(35)41)23-27-19-39(47)49-37-21-29(45)13-15-31(27)37;;/h2-5,8-15,18-21,24-25H,1,6-7,16-17,22-23H2;2*1H. The van der Waals surface area contributed by atoms with Crippen molar-refractivity contribution in [2.24, 2.45) is 0 Å². The number of rotatable bonds is 10. The molecule has 0 saturated carbocycles. The summed E-state index contributed by atoms with van der Waals surface area (Å²) in [5, 5.41) is 21.4. The molecule has 8 rings (SSSR count). The van der Waals surface area contributed by atoms with Crippen molar-refractivity contribution in [2.75, 3.05) is 0 Å². The van der Waals surface area contributed by atoms with Crippen molar-refractivity contribution >= 4 is 44.0 Å². The van der Waals surface area contributed by atoms with Gasteiger partial charge in [0.2, 0.25) is 12.7 Å². The fourth-order valence-corrected chi connectivity index (χ4v) is 6.90. The van der Waals surface area contributed by atoms with E-state index in [4.69, 9.17) is 8.83 Å². The van der Waals surface area contributed by atoms with Crippen molar-refractivity contribution in [1.29, 1.82) is 0 Å². The number of aromatic hydroxyl groups is 2. The zero-order chi connectivity index (χ0) is 33.5. The molecule has 0 aliphatic rings. The maximum atomic E-state index is 12.3. The van der Waals surface area contributed by atoms with Crippen LogP contribution in [0.1, 0.15) is 30.4 Å². The first-order valence-electron chi connectivity index (χ1n) is 16.4. The number of nitrogens with zero attached hydrogens (tertiary/aromatic N) is 4. The number of halogens is 2. The summed E-state index contributed by atoms with van der Waals surface area (Å²) in [6.45, 7) is 2.69. The Morgan fingerprint density at radius 3 is 1.43 bits per heavy atom. The minimum Gasteiger partial charge on any atom is -1.00 e. The van der Waals surface area contributed by atoms with E-state index >= 15 is 0 Å². The molecule has 0 unspecified atom stereocenters. The fourth-order valence-electron chi connectivity index (χ4n) is 6.90. The Morgan fingerprint density at radius 2 is 0.980 bits per heavy atom. The Bertz CT molecular complexity index is 2460. The molecule has 0 aliphatic heterocycles. The number of hydrogen-bond donors (Lipinski definition) is 2. The molecule has 0 radical (unpaired) electrons. The van der Waals surface area contributed by atoms with E-state index in [1.165, 1.54) is 24.3 Å². The minimum atomic E-state index is -0.444. The summed E-state index contributed by atoms with van der Waals surface area (Å²) < 4.78 is 19.5. The topological polar surface area (TPSA) is 119 Å². The summed E-state index contributed by atoms with van der Waals surface area (Å²) >= 11 is 0. The van der Waals surface area contributed by atoms with Crippen molar-refractivity contribution in [1.82, 2.24) is 9.13 Å². The Balaban J connectivity index is 0.00000224. The molecule has 12 heteroatoms. The number of unbranched alkanes of at least 4 members (excludes halogenated alkanes) is 2. The highest BCUT2D eigenvalue weighted by molar-refractivity contribution is 5.82. The number of para-hydroxylation sites is 4. The van der Waals surface area contributed by atoms with Crippen LogP contribution in [0.15, 0.2) is 128 Å². The Kier molecular flexibility index (Phi) is 10.2. The number of phenols is 2. The van der Waals surface area contributed by atoms with Crippen LogP contribution >= 0.6 is 0 Å². The summed E-state index contributed by atoms with van der Waals surface area (Å²) in [5.74, 6) is 0.112. The predicted octanol–water partition coefficient (Wildman–Crippen LogP) is -0.230. The van der Waals surface area contributed by atoms with E-state index in [1.54, 1.807) is 24.3 Å². The van der Waals surface area contributed by atoms with Crippen LogP contribution < -0.4 is 45.2 Å². The van der Waals surface area contributed by atoms with E-state index in [1.807, 2.05) is 24.3 Å². The number of aryl methyl sites for hydroxylation is 2. The lowest BCUT2D eigenvalue weighted by atomic mass is 10.1. The highest BCUT2D eigenvalue weighted by Gasteiger charge is 2.19. The minimum absolute atomic E-state index is 0. The predicted molar refractivity (Wildman–Crippen MR) is 185 cm³/mol. The third kappa shape index (κ3) is 7.06. The molecule has 0 fully saturated rings. The van der Waals surface area contributed by atoms with E-state index in [-0.39, 0.29) is 36.3 Å². The largest absolute Gasteiger partial charge is 1.00 e. The summed E-state index contributed by atoms with van der Waals surface area (Å²) in [7, 11) is 0. The second-order valence-corrected chi connectivity index (χ2v) is 12.5. The van der Waals surface area contributed by atoms with Gasteiger partial charge in [0, 0.05) is 46.2 Å². The molecule has 4 aromatic heterocycles. The molecule has 4 heterocycles. The lowest BCUT2D eigenvalue weighted by Crippen LogP contribution is -3.00. The molecule has 260 valence electrons. The summed E-state index contributed by atoms with van der Waals surface area (Å²) in [6.07, 6.45) is 7.24. The molecule has 0 spiro atoms. The third-order valence-electron chi connectivity index (χ3n) is 9.17. The highest BCUT2D eigenvalue weighted by Crippen LogP contribution is 2.24. The van der Waals surface area contributed by atoms with Gasteiger partial charge in [0.15, 0.2) is 22.1 Å². The summed E-state index contributed by atoms with van der Waals surface area (Å²) in [4.78, 5) is 24.6. The molecule has 10 nitrogen and oxygen atoms in total. The van der Waals surface area contributed by atoms with Crippen LogP contribution in [-0.4, -0.2) is 19.3 Å². The van der Waals surface area contributed by atoms with Crippen LogP contribution in [0.5, 0.6) is 11.5 Å². The first kappa shape index (κ1) is 35.3. The molecule has 0 aliphatic carbocycles. The molecule has 4 aromatic carbocycles. The van der Waals surface area contributed by atoms with Crippen LogP contribution in [0.2, 0.25) is 0 Å².